The van der Waals surface area contributed by atoms with Crippen LogP contribution in [-0.4, -0.2) is 23.1 Å². The molecule has 0 heterocycles. The Morgan fingerprint density at radius 2 is 1.60 bits per heavy atom. The minimum Gasteiger partial charge on any atom is -0.332 e. The summed E-state index contributed by atoms with van der Waals surface area (Å²) in [5.41, 5.74) is -0.123. The third-order valence-corrected chi connectivity index (χ3v) is 13.3. The largest absolute Gasteiger partial charge is 0.332 e. The number of allylic oxidation sites excluding steroid dienone is 4. The number of benzene rings is 1. The predicted octanol–water partition coefficient (Wildman–Crippen LogP) is 7.78. The van der Waals surface area contributed by atoms with Crippen molar-refractivity contribution in [3.05, 3.63) is 53.6 Å². The van der Waals surface area contributed by atoms with Crippen LogP contribution in [0.5, 0.6) is 0 Å². The van der Waals surface area contributed by atoms with Crippen molar-refractivity contribution >= 4 is 23.3 Å². The summed E-state index contributed by atoms with van der Waals surface area (Å²) in [6.07, 6.45) is 9.98. The molecular formula is C37H47N3O3. The van der Waals surface area contributed by atoms with Gasteiger partial charge >= 0.3 is 6.03 Å². The number of rotatable bonds is 2. The number of fused-ring (bicyclic) bond motifs is 7. The summed E-state index contributed by atoms with van der Waals surface area (Å²) in [7, 11) is 0. The molecule has 5 aliphatic carbocycles. The molecule has 1 aromatic carbocycles. The minimum atomic E-state index is -0.678. The number of Topliss-reactive ketones (excluding diaryl/α,β-unsaturated/α-hetero) is 1. The molecule has 6 rings (SSSR count). The van der Waals surface area contributed by atoms with E-state index >= 15 is 0 Å². The molecule has 0 bridgehead atoms. The molecule has 2 amide bonds. The minimum absolute atomic E-state index is 0.0127. The van der Waals surface area contributed by atoms with Gasteiger partial charge in [0, 0.05) is 28.0 Å². The fourth-order valence-electron chi connectivity index (χ4n) is 10.8. The maximum atomic E-state index is 14.7. The highest BCUT2D eigenvalue weighted by atomic mass is 16.2. The third-order valence-electron chi connectivity index (χ3n) is 13.3. The van der Waals surface area contributed by atoms with E-state index in [-0.39, 0.29) is 57.2 Å². The average Bonchev–Trinajstić information content (AvgIpc) is 2.93. The number of carbonyl (C=O) groups is 3. The van der Waals surface area contributed by atoms with E-state index in [1.165, 1.54) is 0 Å². The lowest BCUT2D eigenvalue weighted by Crippen LogP contribution is -2.70. The molecule has 0 radical (unpaired) electrons. The zero-order valence-corrected chi connectivity index (χ0v) is 26.9. The molecule has 5 aliphatic rings. The van der Waals surface area contributed by atoms with Gasteiger partial charge < -0.3 is 10.6 Å². The Hall–Kier alpha value is -3.20. The van der Waals surface area contributed by atoms with Crippen molar-refractivity contribution in [3.63, 3.8) is 0 Å². The lowest BCUT2D eigenvalue weighted by atomic mass is 9.35. The van der Waals surface area contributed by atoms with Crippen molar-refractivity contribution in [2.45, 2.75) is 99.0 Å². The quantitative estimate of drug-likeness (QED) is 0.373. The lowest BCUT2D eigenvalue weighted by Gasteiger charge is -2.69. The van der Waals surface area contributed by atoms with E-state index in [4.69, 9.17) is 0 Å². The summed E-state index contributed by atoms with van der Waals surface area (Å²) < 4.78 is 0. The number of nitriles is 1. The number of para-hydroxylation sites is 1. The van der Waals surface area contributed by atoms with Crippen molar-refractivity contribution in [1.29, 1.82) is 5.26 Å². The molecule has 2 N–H and O–H groups in total. The SMILES string of the molecule is CC1(C)CC[C@]2(NC(=O)Nc3ccccc3)CC[C@]3(C)[C@H](C(=O)C=C4[C@@]5(C)C=C(C#N)C(=O)C(C)(C)[C@@H]5CC[C@]43C)[C@H]2C1. The van der Waals surface area contributed by atoms with Gasteiger partial charge in [-0.3, -0.25) is 9.59 Å². The van der Waals surface area contributed by atoms with Crippen LogP contribution < -0.4 is 10.6 Å². The number of anilines is 1. The lowest BCUT2D eigenvalue weighted by molar-refractivity contribution is -0.160. The van der Waals surface area contributed by atoms with Gasteiger partial charge in [-0.2, -0.15) is 5.26 Å². The smallest absolute Gasteiger partial charge is 0.319 e. The van der Waals surface area contributed by atoms with Crippen molar-refractivity contribution in [1.82, 2.24) is 5.32 Å². The number of urea groups is 1. The van der Waals surface area contributed by atoms with Crippen LogP contribution in [0.2, 0.25) is 0 Å². The van der Waals surface area contributed by atoms with Crippen LogP contribution in [-0.2, 0) is 9.59 Å². The van der Waals surface area contributed by atoms with Crippen LogP contribution in [0.1, 0.15) is 93.4 Å². The van der Waals surface area contributed by atoms with Gasteiger partial charge in [0.05, 0.1) is 5.57 Å². The molecule has 0 aliphatic heterocycles. The highest BCUT2D eigenvalue weighted by molar-refractivity contribution is 6.04. The van der Waals surface area contributed by atoms with Crippen LogP contribution >= 0.6 is 0 Å². The summed E-state index contributed by atoms with van der Waals surface area (Å²) in [6.45, 7) is 15.4. The van der Waals surface area contributed by atoms with E-state index in [0.29, 0.717) is 0 Å². The molecule has 3 saturated carbocycles. The Bertz CT molecular complexity index is 1500. The number of hydrogen-bond acceptors (Lipinski definition) is 4. The summed E-state index contributed by atoms with van der Waals surface area (Å²) in [4.78, 5) is 41.4. The summed E-state index contributed by atoms with van der Waals surface area (Å²) >= 11 is 0. The van der Waals surface area contributed by atoms with Crippen molar-refractivity contribution in [2.75, 3.05) is 5.32 Å². The second kappa shape index (κ2) is 9.40. The van der Waals surface area contributed by atoms with E-state index in [0.717, 1.165) is 56.2 Å². The number of hydrogen-bond donors (Lipinski definition) is 2. The maximum absolute atomic E-state index is 14.7. The Morgan fingerprint density at radius 3 is 2.28 bits per heavy atom. The molecule has 3 fully saturated rings. The second-order valence-electron chi connectivity index (χ2n) is 16.4. The summed E-state index contributed by atoms with van der Waals surface area (Å²) in [6, 6.07) is 11.5. The van der Waals surface area contributed by atoms with E-state index in [2.05, 4.69) is 51.3 Å². The topological polar surface area (TPSA) is 99.1 Å². The maximum Gasteiger partial charge on any atom is 0.319 e. The van der Waals surface area contributed by atoms with Crippen LogP contribution in [0, 0.1) is 56.2 Å². The van der Waals surface area contributed by atoms with Crippen molar-refractivity contribution < 1.29 is 14.4 Å². The molecular weight excluding hydrogens is 534 g/mol. The standard InChI is InChI=1S/C37H47N3O3/c1-32(2)15-17-37(40-31(43)39-24-11-9-8-10-12-24)18-16-36(7)29(25(37)21-32)26(41)19-28-34(5)20-23(22-38)30(42)33(3,4)27(34)13-14-35(28,36)6/h8-12,19-20,25,27,29H,13-18,21H2,1-7H3,(H2,39,40,43)/t25-,27+,29+,34+,35-,36-,37+/m1/s1. The van der Waals surface area contributed by atoms with Crippen LogP contribution in [0.4, 0.5) is 10.5 Å². The molecule has 43 heavy (non-hydrogen) atoms. The fraction of sp³-hybridized carbons (Fsp3) is 0.622. The highest BCUT2D eigenvalue weighted by Gasteiger charge is 2.70. The molecule has 6 heteroatoms. The fourth-order valence-corrected chi connectivity index (χ4v) is 10.8. The number of carbonyl (C=O) groups excluding carboxylic acids is 3. The van der Waals surface area contributed by atoms with E-state index in [1.54, 1.807) is 0 Å². The van der Waals surface area contributed by atoms with Gasteiger partial charge in [0.2, 0.25) is 0 Å². The van der Waals surface area contributed by atoms with Crippen LogP contribution in [0.3, 0.4) is 0 Å². The van der Waals surface area contributed by atoms with Gasteiger partial charge in [0.25, 0.3) is 0 Å². The zero-order valence-electron chi connectivity index (χ0n) is 26.9. The third kappa shape index (κ3) is 4.13. The van der Waals surface area contributed by atoms with Crippen molar-refractivity contribution in [3.8, 4) is 6.07 Å². The first-order valence-corrected chi connectivity index (χ1v) is 16.1. The number of ketones is 2. The first-order valence-electron chi connectivity index (χ1n) is 16.1. The molecule has 7 atom stereocenters. The highest BCUT2D eigenvalue weighted by Crippen LogP contribution is 2.73. The number of nitrogens with one attached hydrogen (secondary N) is 2. The van der Waals surface area contributed by atoms with Gasteiger partial charge in [-0.05, 0) is 91.2 Å². The first-order chi connectivity index (χ1) is 20.0. The van der Waals surface area contributed by atoms with Gasteiger partial charge in [-0.25, -0.2) is 4.79 Å². The Morgan fingerprint density at radius 1 is 0.930 bits per heavy atom. The normalized spacial score (nSPS) is 40.7. The molecule has 0 spiro atoms. The Labute approximate surface area is 256 Å². The zero-order chi connectivity index (χ0) is 31.2. The molecule has 1 aromatic rings. The van der Waals surface area contributed by atoms with Gasteiger partial charge in [-0.15, -0.1) is 0 Å². The Kier molecular flexibility index (Phi) is 6.53. The van der Waals surface area contributed by atoms with Crippen molar-refractivity contribution in [2.24, 2.45) is 44.8 Å². The first kappa shape index (κ1) is 29.9. The predicted molar refractivity (Wildman–Crippen MR) is 168 cm³/mol. The molecule has 228 valence electrons. The summed E-state index contributed by atoms with van der Waals surface area (Å²) in [5, 5.41) is 16.4. The van der Waals surface area contributed by atoms with Gasteiger partial charge in [0.1, 0.15) is 6.07 Å². The van der Waals surface area contributed by atoms with E-state index < -0.39 is 16.4 Å². The Balaban J connectivity index is 1.43. The number of nitrogens with zero attached hydrogens (tertiary/aromatic N) is 1. The molecule has 0 saturated heterocycles. The van der Waals surface area contributed by atoms with Gasteiger partial charge in [0.15, 0.2) is 11.6 Å². The second-order valence-corrected chi connectivity index (χ2v) is 16.4. The molecule has 0 unspecified atom stereocenters. The monoisotopic (exact) mass is 581 g/mol. The van der Waals surface area contributed by atoms with E-state index in [1.807, 2.05) is 56.3 Å². The van der Waals surface area contributed by atoms with E-state index in [9.17, 15) is 19.6 Å². The van der Waals surface area contributed by atoms with Crippen LogP contribution in [0.15, 0.2) is 53.6 Å². The average molecular weight is 582 g/mol. The van der Waals surface area contributed by atoms with Gasteiger partial charge in [-0.1, -0.05) is 78.3 Å². The summed E-state index contributed by atoms with van der Waals surface area (Å²) in [5.74, 6) is -0.116. The van der Waals surface area contributed by atoms with Crippen LogP contribution in [0.25, 0.3) is 0 Å². The molecule has 6 nitrogen and oxygen atoms in total. The molecule has 0 aromatic heterocycles. The number of amides is 2.